The summed E-state index contributed by atoms with van der Waals surface area (Å²) in [6.07, 6.45) is 4.72. The lowest BCUT2D eigenvalue weighted by Crippen LogP contribution is -2.44. The summed E-state index contributed by atoms with van der Waals surface area (Å²) >= 11 is 0. The molecule has 7 nitrogen and oxygen atoms in total. The monoisotopic (exact) mass is 401 g/mol. The van der Waals surface area contributed by atoms with E-state index in [2.05, 4.69) is 6.92 Å². The van der Waals surface area contributed by atoms with Crippen LogP contribution in [0.25, 0.3) is 0 Å². The zero-order valence-corrected chi connectivity index (χ0v) is 16.5. The molecular weight excluding hydrogens is 374 g/mol. The molecule has 2 saturated carbocycles. The standard InChI is InChI=1S/C22H27NO6/c1-22-7-6-12-11(13(22)4-5-16(22)25)3-2-10-8-15(24)19-20(18(10)12)29-21(27)14(23)9-17(26)28-19/h8,11-14,16,24-25H,2-7,9,23H2,1H3/t11-,12-,13-,14?,16-,22-/m0/s1. The summed E-state index contributed by atoms with van der Waals surface area (Å²) in [5.74, 6) is -0.546. The topological polar surface area (TPSA) is 119 Å². The lowest BCUT2D eigenvalue weighted by molar-refractivity contribution is -0.144. The summed E-state index contributed by atoms with van der Waals surface area (Å²) in [7, 11) is 0. The van der Waals surface area contributed by atoms with Crippen LogP contribution in [0.5, 0.6) is 17.2 Å². The van der Waals surface area contributed by atoms with Gasteiger partial charge < -0.3 is 25.4 Å². The molecule has 3 aliphatic carbocycles. The molecule has 4 N–H and O–H groups in total. The molecule has 1 aliphatic heterocycles. The fourth-order valence-electron chi connectivity index (χ4n) is 6.44. The second kappa shape index (κ2) is 6.44. The van der Waals surface area contributed by atoms with Gasteiger partial charge in [0.05, 0.1) is 12.5 Å². The number of ether oxygens (including phenoxy) is 2. The maximum Gasteiger partial charge on any atom is 0.329 e. The van der Waals surface area contributed by atoms with Crippen molar-refractivity contribution in [2.75, 3.05) is 0 Å². The largest absolute Gasteiger partial charge is 0.504 e. The summed E-state index contributed by atoms with van der Waals surface area (Å²) in [5, 5.41) is 21.1. The van der Waals surface area contributed by atoms with Crippen LogP contribution in [-0.2, 0) is 16.0 Å². The SMILES string of the molecule is C[C@]12CC[C@@H]3c4c(cc(O)c5c4OC(=O)C(N)CC(=O)O5)CC[C@@H]3[C@@H]1CC[C@@H]2O. The Morgan fingerprint density at radius 1 is 1.14 bits per heavy atom. The Morgan fingerprint density at radius 3 is 2.72 bits per heavy atom. The molecule has 0 spiro atoms. The van der Waals surface area contributed by atoms with Crippen LogP contribution < -0.4 is 15.2 Å². The lowest BCUT2D eigenvalue weighted by atomic mass is 9.55. The molecule has 1 aromatic carbocycles. The van der Waals surface area contributed by atoms with Gasteiger partial charge in [-0.15, -0.1) is 0 Å². The van der Waals surface area contributed by atoms with Crippen molar-refractivity contribution in [3.63, 3.8) is 0 Å². The van der Waals surface area contributed by atoms with Gasteiger partial charge in [0, 0.05) is 5.56 Å². The Morgan fingerprint density at radius 2 is 1.93 bits per heavy atom. The van der Waals surface area contributed by atoms with Gasteiger partial charge in [-0.25, -0.2) is 4.79 Å². The fraction of sp³-hybridized carbons (Fsp3) is 0.636. The molecule has 0 saturated heterocycles. The molecule has 0 radical (unpaired) electrons. The van der Waals surface area contributed by atoms with E-state index in [1.54, 1.807) is 6.07 Å². The van der Waals surface area contributed by atoms with E-state index in [1.807, 2.05) is 0 Å². The van der Waals surface area contributed by atoms with Crippen molar-refractivity contribution in [1.82, 2.24) is 0 Å². The first-order chi connectivity index (χ1) is 13.8. The number of carbonyl (C=O) groups is 2. The van der Waals surface area contributed by atoms with E-state index in [0.29, 0.717) is 11.8 Å². The van der Waals surface area contributed by atoms with Crippen LogP contribution in [0.3, 0.4) is 0 Å². The number of esters is 2. The zero-order chi connectivity index (χ0) is 20.5. The first kappa shape index (κ1) is 18.9. The van der Waals surface area contributed by atoms with Crippen molar-refractivity contribution in [2.24, 2.45) is 23.0 Å². The Labute approximate surface area is 169 Å². The highest BCUT2D eigenvalue weighted by Crippen LogP contribution is 2.63. The number of rotatable bonds is 0. The summed E-state index contributed by atoms with van der Waals surface area (Å²) in [6, 6.07) is 0.553. The van der Waals surface area contributed by atoms with E-state index in [-0.39, 0.29) is 41.1 Å². The fourth-order valence-corrected chi connectivity index (χ4v) is 6.44. The normalized spacial score (nSPS) is 38.5. The first-order valence-electron chi connectivity index (χ1n) is 10.5. The lowest BCUT2D eigenvalue weighted by Gasteiger charge is -2.50. The minimum atomic E-state index is -1.09. The quantitative estimate of drug-likeness (QED) is 0.450. The van der Waals surface area contributed by atoms with Crippen LogP contribution in [0.1, 0.15) is 62.5 Å². The predicted molar refractivity (Wildman–Crippen MR) is 103 cm³/mol. The van der Waals surface area contributed by atoms with E-state index in [1.165, 1.54) is 0 Å². The van der Waals surface area contributed by atoms with Crippen molar-refractivity contribution in [3.8, 4) is 17.2 Å². The first-order valence-corrected chi connectivity index (χ1v) is 10.5. The summed E-state index contributed by atoms with van der Waals surface area (Å²) in [5.41, 5.74) is 7.51. The molecule has 1 aromatic rings. The van der Waals surface area contributed by atoms with Crippen LogP contribution >= 0.6 is 0 Å². The Bertz CT molecular complexity index is 898. The third-order valence-electron chi connectivity index (χ3n) is 7.95. The molecular formula is C22H27NO6. The summed E-state index contributed by atoms with van der Waals surface area (Å²) in [6.45, 7) is 2.20. The Kier molecular flexibility index (Phi) is 4.19. The number of carbonyl (C=O) groups excluding carboxylic acids is 2. The number of hydrogen-bond donors (Lipinski definition) is 3. The van der Waals surface area contributed by atoms with E-state index in [4.69, 9.17) is 15.2 Å². The van der Waals surface area contributed by atoms with Crippen LogP contribution in [0, 0.1) is 17.3 Å². The molecule has 156 valence electrons. The molecule has 0 aromatic heterocycles. The second-order valence-electron chi connectivity index (χ2n) is 9.39. The second-order valence-corrected chi connectivity index (χ2v) is 9.39. The minimum absolute atomic E-state index is 0.0739. The number of phenols is 1. The van der Waals surface area contributed by atoms with Crippen LogP contribution in [0.2, 0.25) is 0 Å². The van der Waals surface area contributed by atoms with E-state index in [0.717, 1.165) is 49.7 Å². The van der Waals surface area contributed by atoms with Crippen molar-refractivity contribution in [1.29, 1.82) is 0 Å². The van der Waals surface area contributed by atoms with E-state index in [9.17, 15) is 19.8 Å². The van der Waals surface area contributed by atoms with Gasteiger partial charge in [-0.1, -0.05) is 6.92 Å². The molecule has 1 heterocycles. The number of benzene rings is 1. The number of fused-ring (bicyclic) bond motifs is 7. The number of aliphatic hydroxyl groups is 1. The number of aryl methyl sites for hydroxylation is 1. The van der Waals surface area contributed by atoms with Gasteiger partial charge in [-0.2, -0.15) is 0 Å². The summed E-state index contributed by atoms with van der Waals surface area (Å²) in [4.78, 5) is 24.6. The van der Waals surface area contributed by atoms with Crippen LogP contribution in [-0.4, -0.2) is 34.3 Å². The van der Waals surface area contributed by atoms with Gasteiger partial charge >= 0.3 is 11.9 Å². The highest BCUT2D eigenvalue weighted by molar-refractivity contribution is 5.88. The smallest absolute Gasteiger partial charge is 0.329 e. The minimum Gasteiger partial charge on any atom is -0.504 e. The highest BCUT2D eigenvalue weighted by atomic mass is 16.6. The molecule has 0 amide bonds. The number of nitrogens with two attached hydrogens (primary N) is 1. The molecule has 7 heteroatoms. The molecule has 1 unspecified atom stereocenters. The van der Waals surface area contributed by atoms with Crippen molar-refractivity contribution >= 4 is 11.9 Å². The maximum atomic E-state index is 12.4. The number of phenolic OH excluding ortho intramolecular Hbond substituents is 1. The molecule has 5 rings (SSSR count). The van der Waals surface area contributed by atoms with Gasteiger partial charge in [0.15, 0.2) is 11.5 Å². The number of hydrogen-bond acceptors (Lipinski definition) is 7. The van der Waals surface area contributed by atoms with Gasteiger partial charge in [0.25, 0.3) is 0 Å². The van der Waals surface area contributed by atoms with Gasteiger partial charge in [0.1, 0.15) is 6.04 Å². The van der Waals surface area contributed by atoms with Gasteiger partial charge in [-0.3, -0.25) is 4.79 Å². The number of aromatic hydroxyl groups is 1. The van der Waals surface area contributed by atoms with Gasteiger partial charge in [-0.05, 0) is 73.3 Å². The number of aliphatic hydroxyl groups excluding tert-OH is 1. The van der Waals surface area contributed by atoms with Crippen molar-refractivity contribution < 1.29 is 29.3 Å². The van der Waals surface area contributed by atoms with E-state index >= 15 is 0 Å². The summed E-state index contributed by atoms with van der Waals surface area (Å²) < 4.78 is 11.0. The third kappa shape index (κ3) is 2.70. The predicted octanol–water partition coefficient (Wildman–Crippen LogP) is 2.15. The van der Waals surface area contributed by atoms with Crippen LogP contribution in [0.15, 0.2) is 6.07 Å². The Hall–Kier alpha value is -2.12. The molecule has 4 aliphatic rings. The van der Waals surface area contributed by atoms with E-state index < -0.39 is 18.0 Å². The van der Waals surface area contributed by atoms with Crippen LogP contribution in [0.4, 0.5) is 0 Å². The molecule has 0 bridgehead atoms. The Balaban J connectivity index is 1.62. The molecule has 29 heavy (non-hydrogen) atoms. The molecule has 6 atom stereocenters. The zero-order valence-electron chi connectivity index (χ0n) is 16.5. The third-order valence-corrected chi connectivity index (χ3v) is 7.95. The maximum absolute atomic E-state index is 12.4. The van der Waals surface area contributed by atoms with Crippen molar-refractivity contribution in [2.45, 2.75) is 69.9 Å². The highest BCUT2D eigenvalue weighted by Gasteiger charge is 2.55. The average molecular weight is 401 g/mol. The van der Waals surface area contributed by atoms with Crippen molar-refractivity contribution in [3.05, 3.63) is 17.2 Å². The molecule has 2 fully saturated rings. The van der Waals surface area contributed by atoms with Gasteiger partial charge in [0.2, 0.25) is 5.75 Å². The average Bonchev–Trinajstić information content (AvgIpc) is 2.98.